The molecule has 0 unspecified atom stereocenters. The molecule has 1 aromatic heterocycles. The van der Waals surface area contributed by atoms with Crippen molar-refractivity contribution in [3.05, 3.63) is 86.6 Å². The van der Waals surface area contributed by atoms with Crippen LogP contribution in [-0.4, -0.2) is 34.6 Å². The third-order valence-electron chi connectivity index (χ3n) is 5.65. The zero-order valence-corrected chi connectivity index (χ0v) is 18.0. The maximum atomic E-state index is 12.8. The number of ether oxygens (including phenoxy) is 1. The van der Waals surface area contributed by atoms with E-state index in [4.69, 9.17) is 4.74 Å². The highest BCUT2D eigenvalue weighted by Crippen LogP contribution is 2.22. The van der Waals surface area contributed by atoms with Crippen molar-refractivity contribution in [3.8, 4) is 5.75 Å². The number of rotatable bonds is 4. The van der Waals surface area contributed by atoms with E-state index in [0.29, 0.717) is 30.8 Å². The van der Waals surface area contributed by atoms with Crippen molar-refractivity contribution < 1.29 is 9.53 Å². The monoisotopic (exact) mass is 418 g/mol. The Morgan fingerprint density at radius 2 is 1.87 bits per heavy atom. The Hall–Kier alpha value is -3.61. The third-order valence-corrected chi connectivity index (χ3v) is 5.65. The molecule has 1 aliphatic rings. The van der Waals surface area contributed by atoms with Crippen molar-refractivity contribution in [1.82, 2.24) is 14.9 Å². The van der Waals surface area contributed by atoms with Crippen molar-refractivity contribution in [2.45, 2.75) is 33.2 Å². The van der Waals surface area contributed by atoms with Gasteiger partial charge in [0.2, 0.25) is 0 Å². The minimum Gasteiger partial charge on any atom is -0.497 e. The van der Waals surface area contributed by atoms with Crippen LogP contribution in [-0.2, 0) is 19.4 Å². The van der Waals surface area contributed by atoms with E-state index >= 15 is 0 Å². The van der Waals surface area contributed by atoms with E-state index in [-0.39, 0.29) is 18.1 Å². The number of aromatic nitrogens is 2. The van der Waals surface area contributed by atoms with Crippen molar-refractivity contribution in [1.29, 1.82) is 0 Å². The molecule has 7 nitrogen and oxygen atoms in total. The van der Waals surface area contributed by atoms with E-state index in [2.05, 4.69) is 15.3 Å². The lowest BCUT2D eigenvalue weighted by Gasteiger charge is -2.28. The Bertz CT molecular complexity index is 1150. The van der Waals surface area contributed by atoms with Gasteiger partial charge in [-0.3, -0.25) is 4.79 Å². The van der Waals surface area contributed by atoms with Crippen molar-refractivity contribution in [2.75, 3.05) is 19.0 Å². The van der Waals surface area contributed by atoms with Crippen LogP contribution in [0.15, 0.2) is 47.3 Å². The second-order valence-corrected chi connectivity index (χ2v) is 7.83. The van der Waals surface area contributed by atoms with Gasteiger partial charge in [0.1, 0.15) is 11.6 Å². The number of para-hydroxylation sites is 1. The number of aromatic amines is 1. The molecule has 1 aliphatic heterocycles. The minimum absolute atomic E-state index is 0.182. The molecule has 0 saturated carbocycles. The molecule has 2 aromatic carbocycles. The van der Waals surface area contributed by atoms with Gasteiger partial charge < -0.3 is 19.9 Å². The van der Waals surface area contributed by atoms with Gasteiger partial charge in [-0.25, -0.2) is 9.78 Å². The second kappa shape index (κ2) is 8.63. The summed E-state index contributed by atoms with van der Waals surface area (Å²) in [5, 5.41) is 3.00. The number of nitrogens with one attached hydrogen (secondary N) is 2. The molecule has 2 amide bonds. The first-order valence-corrected chi connectivity index (χ1v) is 10.3. The Balaban J connectivity index is 1.49. The molecule has 0 saturated heterocycles. The minimum atomic E-state index is -0.204. The molecule has 2 heterocycles. The Morgan fingerprint density at radius 1 is 1.16 bits per heavy atom. The normalized spacial score (nSPS) is 12.9. The Morgan fingerprint density at radius 3 is 2.55 bits per heavy atom. The molecule has 0 fully saturated rings. The number of fused-ring (bicyclic) bond motifs is 1. The van der Waals surface area contributed by atoms with Crippen LogP contribution < -0.4 is 15.6 Å². The lowest BCUT2D eigenvalue weighted by atomic mass is 10.1. The molecule has 31 heavy (non-hydrogen) atoms. The molecule has 160 valence electrons. The number of urea groups is 1. The fourth-order valence-corrected chi connectivity index (χ4v) is 3.87. The number of hydrogen-bond donors (Lipinski definition) is 2. The van der Waals surface area contributed by atoms with E-state index in [0.717, 1.165) is 33.8 Å². The van der Waals surface area contributed by atoms with Gasteiger partial charge in [0.25, 0.3) is 5.56 Å². The van der Waals surface area contributed by atoms with Gasteiger partial charge in [-0.2, -0.15) is 0 Å². The average Bonchev–Trinajstić information content (AvgIpc) is 2.76. The molecular formula is C24H26N4O3. The number of anilines is 1. The van der Waals surface area contributed by atoms with Crippen LogP contribution in [0.3, 0.4) is 0 Å². The van der Waals surface area contributed by atoms with Gasteiger partial charge >= 0.3 is 6.03 Å². The number of benzene rings is 2. The largest absolute Gasteiger partial charge is 0.497 e. The molecule has 7 heteroatoms. The topological polar surface area (TPSA) is 87.3 Å². The predicted molar refractivity (Wildman–Crippen MR) is 120 cm³/mol. The van der Waals surface area contributed by atoms with Gasteiger partial charge in [0.05, 0.1) is 24.9 Å². The highest BCUT2D eigenvalue weighted by molar-refractivity contribution is 5.91. The van der Waals surface area contributed by atoms with Crippen molar-refractivity contribution >= 4 is 11.7 Å². The summed E-state index contributed by atoms with van der Waals surface area (Å²) < 4.78 is 5.18. The second-order valence-electron chi connectivity index (χ2n) is 7.83. The number of amides is 2. The summed E-state index contributed by atoms with van der Waals surface area (Å²) in [6.45, 7) is 4.69. The van der Waals surface area contributed by atoms with Crippen LogP contribution >= 0.6 is 0 Å². The molecule has 0 bridgehead atoms. The molecule has 3 aromatic rings. The molecule has 0 aliphatic carbocycles. The number of carbonyl (C=O) groups excluding carboxylic acids is 1. The maximum absolute atomic E-state index is 12.8. The highest BCUT2D eigenvalue weighted by Gasteiger charge is 2.25. The van der Waals surface area contributed by atoms with E-state index in [1.807, 2.05) is 56.3 Å². The Kier molecular flexibility index (Phi) is 5.75. The van der Waals surface area contributed by atoms with Gasteiger partial charge in [-0.05, 0) is 42.7 Å². The zero-order valence-electron chi connectivity index (χ0n) is 18.0. The quantitative estimate of drug-likeness (QED) is 0.678. The Labute approximate surface area is 181 Å². The summed E-state index contributed by atoms with van der Waals surface area (Å²) in [5.74, 6) is 1.41. The third kappa shape index (κ3) is 4.45. The number of carbonyl (C=O) groups is 1. The van der Waals surface area contributed by atoms with E-state index < -0.39 is 0 Å². The summed E-state index contributed by atoms with van der Waals surface area (Å²) in [5.41, 5.74) is 5.01. The number of H-pyrrole nitrogens is 1. The lowest BCUT2D eigenvalue weighted by Crippen LogP contribution is -2.42. The standard InChI is InChI=1S/C24H26N4O3/c1-15-5-4-6-16(2)22(15)27-24(30)28-12-11-20-19(14-28)23(29)26-21(25-20)13-17-7-9-18(31-3)10-8-17/h4-10H,11-14H2,1-3H3,(H,27,30)(H,25,26,29). The van der Waals surface area contributed by atoms with Crippen LogP contribution in [0.5, 0.6) is 5.75 Å². The van der Waals surface area contributed by atoms with E-state index in [9.17, 15) is 9.59 Å². The molecular weight excluding hydrogens is 392 g/mol. The van der Waals surface area contributed by atoms with Crippen LogP contribution in [0.2, 0.25) is 0 Å². The van der Waals surface area contributed by atoms with E-state index in [1.54, 1.807) is 12.0 Å². The summed E-state index contributed by atoms with van der Waals surface area (Å²) in [6, 6.07) is 13.4. The maximum Gasteiger partial charge on any atom is 0.322 e. The number of methoxy groups -OCH3 is 1. The van der Waals surface area contributed by atoms with Gasteiger partial charge in [-0.15, -0.1) is 0 Å². The number of aryl methyl sites for hydroxylation is 2. The smallest absolute Gasteiger partial charge is 0.322 e. The van der Waals surface area contributed by atoms with Crippen molar-refractivity contribution in [3.63, 3.8) is 0 Å². The first-order chi connectivity index (χ1) is 14.9. The summed E-state index contributed by atoms with van der Waals surface area (Å²) in [6.07, 6.45) is 1.08. The predicted octanol–water partition coefficient (Wildman–Crippen LogP) is 3.58. The van der Waals surface area contributed by atoms with E-state index in [1.165, 1.54) is 0 Å². The average molecular weight is 418 g/mol. The number of hydrogen-bond acceptors (Lipinski definition) is 4. The fourth-order valence-electron chi connectivity index (χ4n) is 3.87. The van der Waals surface area contributed by atoms with Crippen LogP contribution in [0, 0.1) is 13.8 Å². The van der Waals surface area contributed by atoms with Gasteiger partial charge in [0.15, 0.2) is 0 Å². The van der Waals surface area contributed by atoms with Gasteiger partial charge in [-0.1, -0.05) is 30.3 Å². The highest BCUT2D eigenvalue weighted by atomic mass is 16.5. The molecule has 0 atom stereocenters. The molecule has 2 N–H and O–H groups in total. The first-order valence-electron chi connectivity index (χ1n) is 10.3. The number of nitrogens with zero attached hydrogens (tertiary/aromatic N) is 2. The molecule has 0 spiro atoms. The van der Waals surface area contributed by atoms with Crippen LogP contribution in [0.25, 0.3) is 0 Å². The van der Waals surface area contributed by atoms with Crippen molar-refractivity contribution in [2.24, 2.45) is 0 Å². The molecule has 4 rings (SSSR count). The van der Waals surface area contributed by atoms with Crippen LogP contribution in [0.4, 0.5) is 10.5 Å². The first kappa shape index (κ1) is 20.7. The summed E-state index contributed by atoms with van der Waals surface area (Å²) >= 11 is 0. The fraction of sp³-hybridized carbons (Fsp3) is 0.292. The zero-order chi connectivity index (χ0) is 22.0. The summed E-state index contributed by atoms with van der Waals surface area (Å²) in [4.78, 5) is 34.8. The summed E-state index contributed by atoms with van der Waals surface area (Å²) in [7, 11) is 1.63. The van der Waals surface area contributed by atoms with Gasteiger partial charge in [0, 0.05) is 25.1 Å². The molecule has 0 radical (unpaired) electrons. The lowest BCUT2D eigenvalue weighted by molar-refractivity contribution is 0.205. The van der Waals surface area contributed by atoms with Crippen LogP contribution in [0.1, 0.15) is 33.8 Å². The SMILES string of the molecule is COc1ccc(Cc2nc3c(c(=O)[nH]2)CN(C(=O)Nc2c(C)cccc2C)CC3)cc1.